The summed E-state index contributed by atoms with van der Waals surface area (Å²) in [6, 6.07) is 17.0. The zero-order valence-electron chi connectivity index (χ0n) is 22.8. The summed E-state index contributed by atoms with van der Waals surface area (Å²) < 4.78 is 24.3. The van der Waals surface area contributed by atoms with Crippen LogP contribution in [0.15, 0.2) is 48.0 Å². The number of rotatable bonds is 5. The third kappa shape index (κ3) is 4.37. The maximum absolute atomic E-state index is 11.6. The maximum Gasteiger partial charge on any atom is 0.346 e. The van der Waals surface area contributed by atoms with Gasteiger partial charge in [0.25, 0.3) is 0 Å². The molecule has 8 nitrogen and oxygen atoms in total. The number of ether oxygens (including phenoxy) is 4. The van der Waals surface area contributed by atoms with Gasteiger partial charge in [-0.15, -0.1) is 22.7 Å². The summed E-state index contributed by atoms with van der Waals surface area (Å²) in [5.74, 6) is 1.03. The number of carboxylic acids is 1. The van der Waals surface area contributed by atoms with Crippen LogP contribution < -0.4 is 23.8 Å². The predicted octanol–water partition coefficient (Wildman–Crippen LogP) is 6.93. The molecule has 1 N–H and O–H groups in total. The Kier molecular flexibility index (Phi) is 6.76. The van der Waals surface area contributed by atoms with Crippen LogP contribution in [0.3, 0.4) is 0 Å². The van der Waals surface area contributed by atoms with Crippen LogP contribution in [0, 0.1) is 11.3 Å². The van der Waals surface area contributed by atoms with E-state index in [1.54, 1.807) is 17.4 Å². The third-order valence-corrected chi connectivity index (χ3v) is 10.0. The molecule has 0 bridgehead atoms. The average Bonchev–Trinajstić information content (AvgIpc) is 3.53. The van der Waals surface area contributed by atoms with E-state index < -0.39 is 5.97 Å². The van der Waals surface area contributed by atoms with Gasteiger partial charge in [0.15, 0.2) is 23.0 Å². The van der Waals surface area contributed by atoms with E-state index in [2.05, 4.69) is 54.3 Å². The monoisotopic (exact) mass is 598 g/mol. The van der Waals surface area contributed by atoms with E-state index in [0.717, 1.165) is 39.6 Å². The summed E-state index contributed by atoms with van der Waals surface area (Å²) in [6.45, 7) is 4.61. The highest BCUT2D eigenvalue weighted by Gasteiger charge is 2.33. The molecule has 4 aromatic rings. The van der Waals surface area contributed by atoms with Crippen molar-refractivity contribution in [2.45, 2.75) is 19.8 Å². The number of anilines is 2. The number of hydrogen-bond donors (Lipinski definition) is 1. The van der Waals surface area contributed by atoms with Gasteiger partial charge >= 0.3 is 5.97 Å². The molecule has 42 heavy (non-hydrogen) atoms. The van der Waals surface area contributed by atoms with E-state index in [9.17, 15) is 15.2 Å². The minimum Gasteiger partial charge on any atom is -0.485 e. The number of aliphatic carboxylic acids is 1. The molecule has 0 unspecified atom stereocenters. The maximum atomic E-state index is 11.6. The molecule has 0 radical (unpaired) electrons. The van der Waals surface area contributed by atoms with E-state index >= 15 is 0 Å². The minimum absolute atomic E-state index is 0.333. The molecule has 2 aromatic heterocycles. The third-order valence-electron chi connectivity index (χ3n) is 7.55. The molecular formula is C32H26N2O6S2. The Labute approximate surface area is 250 Å². The second kappa shape index (κ2) is 10.7. The molecule has 0 fully saturated rings. The van der Waals surface area contributed by atoms with Gasteiger partial charge in [-0.1, -0.05) is 24.3 Å². The molecule has 2 aromatic carbocycles. The summed E-state index contributed by atoms with van der Waals surface area (Å²) in [5, 5.41) is 18.8. The van der Waals surface area contributed by atoms with Crippen molar-refractivity contribution in [3.63, 3.8) is 0 Å². The number of thiophene rings is 2. The van der Waals surface area contributed by atoms with Gasteiger partial charge in [0.1, 0.15) is 38.1 Å². The van der Waals surface area contributed by atoms with Gasteiger partial charge in [0, 0.05) is 17.9 Å². The number of nitrogens with zero attached hydrogens (tertiary/aromatic N) is 2. The number of hydrogen-bond acceptors (Lipinski definition) is 9. The van der Waals surface area contributed by atoms with Crippen LogP contribution in [0.25, 0.3) is 26.3 Å². The predicted molar refractivity (Wildman–Crippen MR) is 163 cm³/mol. The molecule has 10 heteroatoms. The number of benzene rings is 2. The van der Waals surface area contributed by atoms with Crippen LogP contribution in [-0.4, -0.2) is 44.0 Å². The Morgan fingerprint density at radius 2 is 1.50 bits per heavy atom. The molecule has 5 heterocycles. The Balaban J connectivity index is 1.35. The van der Waals surface area contributed by atoms with Crippen molar-refractivity contribution in [1.29, 1.82) is 5.26 Å². The van der Waals surface area contributed by atoms with E-state index in [0.29, 0.717) is 54.3 Å². The fourth-order valence-electron chi connectivity index (χ4n) is 5.70. The van der Waals surface area contributed by atoms with Crippen molar-refractivity contribution >= 4 is 46.1 Å². The Morgan fingerprint density at radius 1 is 0.881 bits per heavy atom. The van der Waals surface area contributed by atoms with Crippen molar-refractivity contribution in [2.75, 3.05) is 37.9 Å². The van der Waals surface area contributed by atoms with Gasteiger partial charge in [-0.25, -0.2) is 4.79 Å². The van der Waals surface area contributed by atoms with E-state index in [1.165, 1.54) is 39.9 Å². The van der Waals surface area contributed by atoms with Crippen LogP contribution in [0.1, 0.15) is 22.9 Å². The van der Waals surface area contributed by atoms with Gasteiger partial charge in [-0.2, -0.15) is 5.26 Å². The number of nitriles is 1. The first-order valence-corrected chi connectivity index (χ1v) is 15.4. The van der Waals surface area contributed by atoms with Crippen LogP contribution >= 0.6 is 22.7 Å². The van der Waals surface area contributed by atoms with E-state index in [1.807, 2.05) is 0 Å². The number of fused-ring (bicyclic) bond motifs is 4. The zero-order valence-corrected chi connectivity index (χ0v) is 24.4. The quantitative estimate of drug-likeness (QED) is 0.195. The first-order valence-electron chi connectivity index (χ1n) is 13.8. The minimum atomic E-state index is -1.29. The van der Waals surface area contributed by atoms with Gasteiger partial charge in [-0.3, -0.25) is 0 Å². The summed E-state index contributed by atoms with van der Waals surface area (Å²) in [4.78, 5) is 17.0. The molecule has 0 saturated heterocycles. The topological polar surface area (TPSA) is 101 Å². The SMILES string of the molecule is CCN1c2ccccc2CCc2cc(-c3sc(-c4sc(C=C(C#N)C(=O)O)c5c4OCCO5)c4c3OCCO4)ccc21. The highest BCUT2D eigenvalue weighted by Crippen LogP contribution is 2.60. The fraction of sp³-hybridized carbons (Fsp3) is 0.250. The molecule has 0 aliphatic carbocycles. The lowest BCUT2D eigenvalue weighted by Gasteiger charge is -2.25. The van der Waals surface area contributed by atoms with Gasteiger partial charge < -0.3 is 29.0 Å². The summed E-state index contributed by atoms with van der Waals surface area (Å²) in [6.07, 6.45) is 3.23. The van der Waals surface area contributed by atoms with Crippen molar-refractivity contribution in [3.8, 4) is 49.3 Å². The highest BCUT2D eigenvalue weighted by atomic mass is 32.1. The highest BCUT2D eigenvalue weighted by molar-refractivity contribution is 7.25. The summed E-state index contributed by atoms with van der Waals surface area (Å²) in [7, 11) is 0. The normalized spacial score (nSPS) is 15.3. The van der Waals surface area contributed by atoms with E-state index in [-0.39, 0.29) is 5.57 Å². The molecule has 0 amide bonds. The standard InChI is InChI=1S/C32H26N2O6S2/c1-2-34-22-6-4-3-5-18(22)7-8-19-15-20(9-10-23(19)34)29-27-28(40-14-13-39-27)31(42-29)30-26-25(37-11-12-38-26)24(41-30)16-21(17-33)32(35)36/h3-6,9-10,15-16H,2,7-8,11-14H2,1H3,(H,35,36). The Hall–Kier alpha value is -4.46. The van der Waals surface area contributed by atoms with Crippen molar-refractivity contribution < 1.29 is 28.8 Å². The fourth-order valence-corrected chi connectivity index (χ4v) is 8.14. The lowest BCUT2D eigenvalue weighted by Crippen LogP contribution is -2.17. The molecule has 3 aliphatic heterocycles. The van der Waals surface area contributed by atoms with Gasteiger partial charge in [-0.05, 0) is 60.7 Å². The lowest BCUT2D eigenvalue weighted by molar-refractivity contribution is -0.132. The van der Waals surface area contributed by atoms with Crippen LogP contribution in [0.5, 0.6) is 23.0 Å². The van der Waals surface area contributed by atoms with Crippen LogP contribution in [-0.2, 0) is 17.6 Å². The Morgan fingerprint density at radius 3 is 2.21 bits per heavy atom. The molecule has 0 saturated carbocycles. The molecule has 0 spiro atoms. The van der Waals surface area contributed by atoms with Crippen LogP contribution in [0.4, 0.5) is 11.4 Å². The molecule has 3 aliphatic rings. The molecular weight excluding hydrogens is 572 g/mol. The average molecular weight is 599 g/mol. The summed E-state index contributed by atoms with van der Waals surface area (Å²) in [5.41, 5.74) is 5.78. The number of carboxylic acid groups (broad SMARTS) is 1. The Bertz CT molecular complexity index is 1800. The second-order valence-corrected chi connectivity index (χ2v) is 12.0. The molecule has 0 atom stereocenters. The van der Waals surface area contributed by atoms with Crippen LogP contribution in [0.2, 0.25) is 0 Å². The number of aryl methyl sites for hydroxylation is 2. The first-order chi connectivity index (χ1) is 20.6. The van der Waals surface area contributed by atoms with Crippen molar-refractivity contribution in [3.05, 3.63) is 64.0 Å². The number of para-hydroxylation sites is 1. The summed E-state index contributed by atoms with van der Waals surface area (Å²) >= 11 is 2.88. The first kappa shape index (κ1) is 26.4. The number of carbonyl (C=O) groups is 1. The van der Waals surface area contributed by atoms with Crippen molar-refractivity contribution in [2.24, 2.45) is 0 Å². The molecule has 212 valence electrons. The van der Waals surface area contributed by atoms with E-state index in [4.69, 9.17) is 18.9 Å². The van der Waals surface area contributed by atoms with Gasteiger partial charge in [0.05, 0.1) is 19.5 Å². The van der Waals surface area contributed by atoms with Crippen molar-refractivity contribution in [1.82, 2.24) is 0 Å². The van der Waals surface area contributed by atoms with Gasteiger partial charge in [0.2, 0.25) is 0 Å². The lowest BCUT2D eigenvalue weighted by atomic mass is 10.0. The second-order valence-electron chi connectivity index (χ2n) is 9.96. The largest absolute Gasteiger partial charge is 0.485 e. The molecule has 7 rings (SSSR count). The zero-order chi connectivity index (χ0) is 28.8. The smallest absolute Gasteiger partial charge is 0.346 e.